The van der Waals surface area contributed by atoms with Crippen molar-refractivity contribution in [1.29, 1.82) is 0 Å². The normalized spacial score (nSPS) is 24.8. The van der Waals surface area contributed by atoms with Crippen LogP contribution in [-0.4, -0.2) is 22.4 Å². The summed E-state index contributed by atoms with van der Waals surface area (Å²) in [6.45, 7) is 0.606. The molecule has 29 heavy (non-hydrogen) atoms. The number of rotatable bonds is 5. The monoisotopic (exact) mass is 385 g/mol. The highest BCUT2D eigenvalue weighted by Gasteiger charge is 2.49. The van der Waals surface area contributed by atoms with Gasteiger partial charge < -0.3 is 10.3 Å². The standard InChI is InChI=1S/C24H23N3O2/c28-23-18-8-4-5-9-19(18)26-22(27-23)20-16-10-11-17(14-16)21(20)24(29)25-13-12-15-6-2-1-3-7-15/h1-11,16-17,20-21H,12-14H2,(H,25,29)(H,26,27,28)/t16-,17+,20-,21+/m0/s1. The molecular formula is C24H23N3O2. The van der Waals surface area contributed by atoms with Crippen molar-refractivity contribution in [2.75, 3.05) is 6.54 Å². The summed E-state index contributed by atoms with van der Waals surface area (Å²) in [5, 5.41) is 3.70. The highest BCUT2D eigenvalue weighted by Crippen LogP contribution is 2.52. The Kier molecular flexibility index (Phi) is 4.51. The Morgan fingerprint density at radius 2 is 1.79 bits per heavy atom. The molecule has 2 aromatic carbocycles. The van der Waals surface area contributed by atoms with Crippen molar-refractivity contribution in [3.8, 4) is 0 Å². The third kappa shape index (κ3) is 3.27. The summed E-state index contributed by atoms with van der Waals surface area (Å²) < 4.78 is 0. The number of carbonyl (C=O) groups excluding carboxylic acids is 1. The van der Waals surface area contributed by atoms with E-state index in [9.17, 15) is 9.59 Å². The number of aromatic amines is 1. The fraction of sp³-hybridized carbons (Fsp3) is 0.292. The molecular weight excluding hydrogens is 362 g/mol. The zero-order valence-electron chi connectivity index (χ0n) is 16.0. The number of hydrogen-bond acceptors (Lipinski definition) is 3. The number of nitrogens with zero attached hydrogens (tertiary/aromatic N) is 1. The van der Waals surface area contributed by atoms with Gasteiger partial charge in [-0.25, -0.2) is 4.98 Å². The van der Waals surface area contributed by atoms with Gasteiger partial charge in [-0.2, -0.15) is 0 Å². The molecule has 0 spiro atoms. The molecule has 1 heterocycles. The van der Waals surface area contributed by atoms with Gasteiger partial charge in [-0.05, 0) is 42.4 Å². The second kappa shape index (κ2) is 7.32. The van der Waals surface area contributed by atoms with E-state index in [0.717, 1.165) is 12.8 Å². The molecule has 2 bridgehead atoms. The molecule has 0 radical (unpaired) electrons. The zero-order valence-corrected chi connectivity index (χ0v) is 16.0. The molecule has 0 unspecified atom stereocenters. The van der Waals surface area contributed by atoms with Crippen LogP contribution in [0.1, 0.15) is 23.7 Å². The molecule has 2 aliphatic carbocycles. The lowest BCUT2D eigenvalue weighted by Crippen LogP contribution is -2.38. The van der Waals surface area contributed by atoms with E-state index in [-0.39, 0.29) is 35.1 Å². The maximum absolute atomic E-state index is 13.1. The van der Waals surface area contributed by atoms with Crippen molar-refractivity contribution in [1.82, 2.24) is 15.3 Å². The molecule has 1 amide bonds. The summed E-state index contributed by atoms with van der Waals surface area (Å²) in [4.78, 5) is 33.3. The summed E-state index contributed by atoms with van der Waals surface area (Å²) in [5.74, 6) is 0.865. The van der Waals surface area contributed by atoms with Crippen LogP contribution in [-0.2, 0) is 11.2 Å². The van der Waals surface area contributed by atoms with Gasteiger partial charge in [0, 0.05) is 12.5 Å². The number of carbonyl (C=O) groups is 1. The van der Waals surface area contributed by atoms with Gasteiger partial charge in [-0.3, -0.25) is 9.59 Å². The van der Waals surface area contributed by atoms with Gasteiger partial charge in [0.05, 0.1) is 16.8 Å². The molecule has 3 aromatic rings. The molecule has 5 nitrogen and oxygen atoms in total. The van der Waals surface area contributed by atoms with E-state index in [4.69, 9.17) is 4.98 Å². The van der Waals surface area contributed by atoms with Gasteiger partial charge >= 0.3 is 0 Å². The molecule has 1 fully saturated rings. The maximum Gasteiger partial charge on any atom is 0.258 e. The Hall–Kier alpha value is -3.21. The number of fused-ring (bicyclic) bond motifs is 3. The van der Waals surface area contributed by atoms with Crippen molar-refractivity contribution in [3.05, 3.63) is 88.5 Å². The smallest absolute Gasteiger partial charge is 0.258 e. The number of H-pyrrole nitrogens is 1. The number of hydrogen-bond donors (Lipinski definition) is 2. The van der Waals surface area contributed by atoms with Gasteiger partial charge in [0.1, 0.15) is 5.82 Å². The SMILES string of the molecule is O=C(NCCc1ccccc1)[C@H]1[C@@H](c2nc3ccccc3c(=O)[nH]2)[C@H]2C=C[C@@H]1C2. The van der Waals surface area contributed by atoms with Crippen LogP contribution in [0.2, 0.25) is 0 Å². The van der Waals surface area contributed by atoms with Crippen LogP contribution < -0.4 is 10.9 Å². The highest BCUT2D eigenvalue weighted by atomic mass is 16.2. The van der Waals surface area contributed by atoms with Crippen LogP contribution in [0, 0.1) is 17.8 Å². The predicted octanol–water partition coefficient (Wildman–Crippen LogP) is 3.19. The Morgan fingerprint density at radius 3 is 2.66 bits per heavy atom. The first kappa shape index (κ1) is 17.9. The number of benzene rings is 2. The first-order valence-corrected chi connectivity index (χ1v) is 10.2. The number of nitrogens with one attached hydrogen (secondary N) is 2. The topological polar surface area (TPSA) is 74.8 Å². The summed E-state index contributed by atoms with van der Waals surface area (Å²) in [7, 11) is 0. The minimum Gasteiger partial charge on any atom is -0.355 e. The lowest BCUT2D eigenvalue weighted by Gasteiger charge is -2.26. The molecule has 0 aliphatic heterocycles. The summed E-state index contributed by atoms with van der Waals surface area (Å²) in [6.07, 6.45) is 6.08. The predicted molar refractivity (Wildman–Crippen MR) is 112 cm³/mol. The van der Waals surface area contributed by atoms with E-state index in [1.807, 2.05) is 36.4 Å². The van der Waals surface area contributed by atoms with E-state index in [1.165, 1.54) is 5.56 Å². The molecule has 5 heteroatoms. The fourth-order valence-electron chi connectivity index (χ4n) is 4.91. The van der Waals surface area contributed by atoms with Crippen molar-refractivity contribution < 1.29 is 4.79 Å². The molecule has 146 valence electrons. The quantitative estimate of drug-likeness (QED) is 0.663. The molecule has 5 rings (SSSR count). The van der Waals surface area contributed by atoms with E-state index in [2.05, 4.69) is 34.6 Å². The van der Waals surface area contributed by atoms with Crippen molar-refractivity contribution in [2.45, 2.75) is 18.8 Å². The van der Waals surface area contributed by atoms with Crippen LogP contribution in [0.15, 0.2) is 71.5 Å². The molecule has 2 N–H and O–H groups in total. The Morgan fingerprint density at radius 1 is 1.03 bits per heavy atom. The highest BCUT2D eigenvalue weighted by molar-refractivity contribution is 5.82. The zero-order chi connectivity index (χ0) is 19.8. The molecule has 1 saturated carbocycles. The van der Waals surface area contributed by atoms with Gasteiger partial charge in [-0.15, -0.1) is 0 Å². The van der Waals surface area contributed by atoms with Crippen molar-refractivity contribution in [3.63, 3.8) is 0 Å². The largest absolute Gasteiger partial charge is 0.355 e. The number of aromatic nitrogens is 2. The average molecular weight is 385 g/mol. The third-order valence-electron chi connectivity index (χ3n) is 6.26. The van der Waals surface area contributed by atoms with Crippen molar-refractivity contribution >= 4 is 16.8 Å². The van der Waals surface area contributed by atoms with Crippen molar-refractivity contribution in [2.24, 2.45) is 17.8 Å². The first-order chi connectivity index (χ1) is 14.2. The Balaban J connectivity index is 1.38. The molecule has 4 atom stereocenters. The van der Waals surface area contributed by atoms with Gasteiger partial charge in [-0.1, -0.05) is 54.6 Å². The molecule has 1 aromatic heterocycles. The van der Waals surface area contributed by atoms with E-state index in [1.54, 1.807) is 6.07 Å². The van der Waals surface area contributed by atoms with Crippen LogP contribution in [0.3, 0.4) is 0 Å². The number of allylic oxidation sites excluding steroid dienone is 2. The number of para-hydroxylation sites is 1. The van der Waals surface area contributed by atoms with Gasteiger partial charge in [0.2, 0.25) is 5.91 Å². The minimum absolute atomic E-state index is 0.0542. The summed E-state index contributed by atoms with van der Waals surface area (Å²) >= 11 is 0. The lowest BCUT2D eigenvalue weighted by molar-refractivity contribution is -0.126. The van der Waals surface area contributed by atoms with E-state index < -0.39 is 0 Å². The Labute approximate surface area is 168 Å². The van der Waals surface area contributed by atoms with Crippen LogP contribution in [0.5, 0.6) is 0 Å². The second-order valence-electron chi connectivity index (χ2n) is 7.99. The van der Waals surface area contributed by atoms with E-state index >= 15 is 0 Å². The summed E-state index contributed by atoms with van der Waals surface area (Å²) in [5.41, 5.74) is 1.75. The third-order valence-corrected chi connectivity index (χ3v) is 6.26. The second-order valence-corrected chi connectivity index (χ2v) is 7.99. The average Bonchev–Trinajstić information content (AvgIpc) is 3.36. The lowest BCUT2D eigenvalue weighted by atomic mass is 9.81. The Bertz CT molecular complexity index is 1140. The summed E-state index contributed by atoms with van der Waals surface area (Å²) in [6, 6.07) is 17.5. The molecule has 2 aliphatic rings. The van der Waals surface area contributed by atoms with Gasteiger partial charge in [0.15, 0.2) is 0 Å². The number of amides is 1. The first-order valence-electron chi connectivity index (χ1n) is 10.2. The van der Waals surface area contributed by atoms with Crippen LogP contribution >= 0.6 is 0 Å². The van der Waals surface area contributed by atoms with E-state index in [0.29, 0.717) is 23.3 Å². The fourth-order valence-corrected chi connectivity index (χ4v) is 4.91. The van der Waals surface area contributed by atoms with Gasteiger partial charge in [0.25, 0.3) is 5.56 Å². The maximum atomic E-state index is 13.1. The minimum atomic E-state index is -0.190. The molecule has 0 saturated heterocycles. The van der Waals surface area contributed by atoms with Crippen LogP contribution in [0.25, 0.3) is 10.9 Å². The van der Waals surface area contributed by atoms with Crippen LogP contribution in [0.4, 0.5) is 0 Å².